The summed E-state index contributed by atoms with van der Waals surface area (Å²) in [6.07, 6.45) is 57.0. The molecule has 0 fully saturated rings. The first kappa shape index (κ1) is 57.6. The zero-order valence-electron chi connectivity index (χ0n) is 40.0. The Morgan fingerprint density at radius 3 is 0.983 bits per heavy atom. The fraction of sp³-hybridized carbons (Fsp3) is 0.833. The van der Waals surface area contributed by atoms with E-state index in [1.165, 1.54) is 161 Å². The molecular formula is C54H98O6. The molecule has 0 aromatic rings. The van der Waals surface area contributed by atoms with E-state index in [-0.39, 0.29) is 31.1 Å². The second kappa shape index (κ2) is 49.3. The number of esters is 3. The highest BCUT2D eigenvalue weighted by Gasteiger charge is 2.19. The second-order valence-electron chi connectivity index (χ2n) is 17.4. The predicted octanol–water partition coefficient (Wildman–Crippen LogP) is 16.9. The normalized spacial score (nSPS) is 12.2. The molecule has 6 heteroatoms. The third kappa shape index (κ3) is 46.7. The number of carbonyl (C=O) groups excluding carboxylic acids is 3. The second-order valence-corrected chi connectivity index (χ2v) is 17.4. The summed E-state index contributed by atoms with van der Waals surface area (Å²) in [5, 5.41) is 0. The molecule has 0 aliphatic heterocycles. The van der Waals surface area contributed by atoms with E-state index in [0.717, 1.165) is 70.6 Å². The molecule has 0 aliphatic rings. The zero-order valence-corrected chi connectivity index (χ0v) is 40.0. The molecule has 0 bridgehead atoms. The molecule has 0 aliphatic carbocycles. The largest absolute Gasteiger partial charge is 0.462 e. The molecule has 350 valence electrons. The number of hydrogen-bond acceptors (Lipinski definition) is 6. The quantitative estimate of drug-likeness (QED) is 0.0263. The fourth-order valence-electron chi connectivity index (χ4n) is 7.41. The van der Waals surface area contributed by atoms with E-state index in [0.29, 0.717) is 19.3 Å². The number of rotatable bonds is 47. The van der Waals surface area contributed by atoms with E-state index in [9.17, 15) is 14.4 Å². The highest BCUT2D eigenvalue weighted by molar-refractivity contribution is 5.71. The van der Waals surface area contributed by atoms with Crippen molar-refractivity contribution in [2.45, 2.75) is 277 Å². The maximum Gasteiger partial charge on any atom is 0.306 e. The number of carbonyl (C=O) groups is 3. The van der Waals surface area contributed by atoms with Crippen LogP contribution in [0.3, 0.4) is 0 Å². The molecule has 0 heterocycles. The smallest absolute Gasteiger partial charge is 0.306 e. The van der Waals surface area contributed by atoms with Crippen LogP contribution in [0.15, 0.2) is 36.5 Å². The Hall–Kier alpha value is -2.37. The number of unbranched alkanes of at least 4 members (excludes halogenated alkanes) is 30. The van der Waals surface area contributed by atoms with Crippen molar-refractivity contribution >= 4 is 17.9 Å². The molecule has 1 atom stereocenters. The molecule has 0 saturated carbocycles. The van der Waals surface area contributed by atoms with Crippen molar-refractivity contribution < 1.29 is 28.6 Å². The molecule has 0 amide bonds. The average molecular weight is 843 g/mol. The lowest BCUT2D eigenvalue weighted by Gasteiger charge is -2.18. The van der Waals surface area contributed by atoms with E-state index >= 15 is 0 Å². The summed E-state index contributed by atoms with van der Waals surface area (Å²) >= 11 is 0. The minimum absolute atomic E-state index is 0.0741. The summed E-state index contributed by atoms with van der Waals surface area (Å²) in [6, 6.07) is 0. The molecule has 0 aromatic carbocycles. The van der Waals surface area contributed by atoms with Crippen molar-refractivity contribution in [2.24, 2.45) is 0 Å². The van der Waals surface area contributed by atoms with Crippen LogP contribution < -0.4 is 0 Å². The summed E-state index contributed by atoms with van der Waals surface area (Å²) in [7, 11) is 0. The van der Waals surface area contributed by atoms with Crippen LogP contribution in [0.4, 0.5) is 0 Å². The molecular weight excluding hydrogens is 745 g/mol. The number of hydrogen-bond donors (Lipinski definition) is 0. The van der Waals surface area contributed by atoms with Crippen molar-refractivity contribution in [2.75, 3.05) is 13.2 Å². The third-order valence-electron chi connectivity index (χ3n) is 11.4. The molecule has 0 spiro atoms. The van der Waals surface area contributed by atoms with Gasteiger partial charge in [0.2, 0.25) is 0 Å². The van der Waals surface area contributed by atoms with Gasteiger partial charge < -0.3 is 14.2 Å². The summed E-state index contributed by atoms with van der Waals surface area (Å²) in [5.41, 5.74) is 0. The molecule has 0 unspecified atom stereocenters. The Morgan fingerprint density at radius 2 is 0.600 bits per heavy atom. The molecule has 60 heavy (non-hydrogen) atoms. The van der Waals surface area contributed by atoms with Gasteiger partial charge in [0.05, 0.1) is 0 Å². The van der Waals surface area contributed by atoms with Crippen LogP contribution >= 0.6 is 0 Å². The molecule has 6 nitrogen and oxygen atoms in total. The van der Waals surface area contributed by atoms with Crippen molar-refractivity contribution in [1.29, 1.82) is 0 Å². The van der Waals surface area contributed by atoms with Crippen LogP contribution in [-0.2, 0) is 28.6 Å². The van der Waals surface area contributed by atoms with Crippen LogP contribution in [-0.4, -0.2) is 37.2 Å². The lowest BCUT2D eigenvalue weighted by atomic mass is 10.1. The summed E-state index contributed by atoms with van der Waals surface area (Å²) in [4.78, 5) is 37.9. The maximum atomic E-state index is 12.8. The van der Waals surface area contributed by atoms with Gasteiger partial charge in [0.25, 0.3) is 0 Å². The van der Waals surface area contributed by atoms with Gasteiger partial charge in [0, 0.05) is 19.3 Å². The standard InChI is InChI=1S/C54H98O6/c1-4-7-10-13-16-19-22-24-25-26-27-28-29-31-32-35-38-41-44-47-53(56)59-50-51(49-58-52(55)46-43-40-37-34-21-18-15-12-9-6-3)60-54(57)48-45-42-39-36-33-30-23-20-17-14-11-8-5-2/h16,19-20,23-25,51H,4-15,17-18,21-22,26-50H2,1-3H3/b19-16-,23-20-,25-24-/t51-/m1/s1. The van der Waals surface area contributed by atoms with Gasteiger partial charge in [0.15, 0.2) is 6.10 Å². The van der Waals surface area contributed by atoms with Gasteiger partial charge in [-0.2, -0.15) is 0 Å². The molecule has 0 aromatic heterocycles. The van der Waals surface area contributed by atoms with Crippen LogP contribution in [0.5, 0.6) is 0 Å². The number of allylic oxidation sites excluding steroid dienone is 6. The monoisotopic (exact) mass is 843 g/mol. The van der Waals surface area contributed by atoms with Gasteiger partial charge in [-0.25, -0.2) is 0 Å². The van der Waals surface area contributed by atoms with Gasteiger partial charge in [-0.3, -0.25) is 14.4 Å². The zero-order chi connectivity index (χ0) is 43.7. The van der Waals surface area contributed by atoms with E-state index in [2.05, 4.69) is 57.2 Å². The van der Waals surface area contributed by atoms with Crippen molar-refractivity contribution in [3.05, 3.63) is 36.5 Å². The average Bonchev–Trinajstić information content (AvgIpc) is 3.24. The number of ether oxygens (including phenoxy) is 3. The van der Waals surface area contributed by atoms with Gasteiger partial charge in [-0.05, 0) is 77.0 Å². The SMILES string of the molecule is CCCCC/C=C\C/C=C\CCCCCCCCCCCC(=O)OC[C@@H](COC(=O)CCCCCCCCCCCC)OC(=O)CCCCCCC/C=C\CCCCCC. The highest BCUT2D eigenvalue weighted by Crippen LogP contribution is 2.15. The van der Waals surface area contributed by atoms with E-state index in [4.69, 9.17) is 14.2 Å². The lowest BCUT2D eigenvalue weighted by Crippen LogP contribution is -2.30. The Morgan fingerprint density at radius 1 is 0.333 bits per heavy atom. The van der Waals surface area contributed by atoms with Crippen LogP contribution in [0.1, 0.15) is 271 Å². The topological polar surface area (TPSA) is 78.9 Å². The van der Waals surface area contributed by atoms with Crippen molar-refractivity contribution in [3.8, 4) is 0 Å². The highest BCUT2D eigenvalue weighted by atomic mass is 16.6. The molecule has 0 N–H and O–H groups in total. The minimum atomic E-state index is -0.773. The summed E-state index contributed by atoms with van der Waals surface area (Å²) in [6.45, 7) is 6.59. The Labute approximate surface area is 372 Å². The Balaban J connectivity index is 4.30. The lowest BCUT2D eigenvalue weighted by molar-refractivity contribution is -0.167. The first-order valence-electron chi connectivity index (χ1n) is 26.0. The van der Waals surface area contributed by atoms with Crippen LogP contribution in [0.2, 0.25) is 0 Å². The van der Waals surface area contributed by atoms with Gasteiger partial charge in [-0.1, -0.05) is 211 Å². The summed E-state index contributed by atoms with van der Waals surface area (Å²) in [5.74, 6) is -0.880. The Bertz CT molecular complexity index is 1020. The predicted molar refractivity (Wildman–Crippen MR) is 256 cm³/mol. The molecule has 0 saturated heterocycles. The maximum absolute atomic E-state index is 12.8. The fourth-order valence-corrected chi connectivity index (χ4v) is 7.41. The third-order valence-corrected chi connectivity index (χ3v) is 11.4. The van der Waals surface area contributed by atoms with E-state index in [1.54, 1.807) is 0 Å². The van der Waals surface area contributed by atoms with Gasteiger partial charge >= 0.3 is 17.9 Å². The first-order valence-corrected chi connectivity index (χ1v) is 26.0. The van der Waals surface area contributed by atoms with Crippen LogP contribution in [0, 0.1) is 0 Å². The van der Waals surface area contributed by atoms with E-state index < -0.39 is 6.10 Å². The molecule has 0 radical (unpaired) electrons. The summed E-state index contributed by atoms with van der Waals surface area (Å²) < 4.78 is 16.8. The molecule has 0 rings (SSSR count). The minimum Gasteiger partial charge on any atom is -0.462 e. The Kier molecular flexibility index (Phi) is 47.3. The van der Waals surface area contributed by atoms with E-state index in [1.807, 2.05) is 0 Å². The van der Waals surface area contributed by atoms with Gasteiger partial charge in [0.1, 0.15) is 13.2 Å². The van der Waals surface area contributed by atoms with Crippen LogP contribution in [0.25, 0.3) is 0 Å². The van der Waals surface area contributed by atoms with Crippen molar-refractivity contribution in [1.82, 2.24) is 0 Å². The first-order chi connectivity index (χ1) is 29.5. The van der Waals surface area contributed by atoms with Gasteiger partial charge in [-0.15, -0.1) is 0 Å². The van der Waals surface area contributed by atoms with Crippen molar-refractivity contribution in [3.63, 3.8) is 0 Å².